The van der Waals surface area contributed by atoms with Gasteiger partial charge in [0.15, 0.2) is 6.10 Å². The number of phosphoric acid groups is 1. The van der Waals surface area contributed by atoms with Gasteiger partial charge >= 0.3 is 11.9 Å². The van der Waals surface area contributed by atoms with Crippen LogP contribution in [0.1, 0.15) is 194 Å². The fourth-order valence-electron chi connectivity index (χ4n) is 6.03. The van der Waals surface area contributed by atoms with Gasteiger partial charge in [0.25, 0.3) is 7.82 Å². The molecule has 0 N–H and O–H groups in total. The number of allylic oxidation sites excluding steroid dienone is 6. The summed E-state index contributed by atoms with van der Waals surface area (Å²) in [5.41, 5.74) is 0. The third-order valence-electron chi connectivity index (χ3n) is 9.63. The van der Waals surface area contributed by atoms with E-state index in [1.54, 1.807) is 0 Å². The fraction of sp³-hybridized carbons (Fsp3) is 0.826. The van der Waals surface area contributed by atoms with Gasteiger partial charge in [-0.05, 0) is 70.6 Å². The minimum atomic E-state index is -4.63. The Morgan fingerprint density at radius 3 is 1.46 bits per heavy atom. The highest BCUT2D eigenvalue weighted by molar-refractivity contribution is 7.45. The molecule has 328 valence electrons. The number of ether oxygens (including phenoxy) is 2. The van der Waals surface area contributed by atoms with Crippen LogP contribution in [0.15, 0.2) is 36.5 Å². The van der Waals surface area contributed by atoms with Crippen molar-refractivity contribution < 1.29 is 42.1 Å². The normalized spacial score (nSPS) is 13.9. The number of carbonyl (C=O) groups is 2. The number of hydrogen-bond acceptors (Lipinski definition) is 8. The molecule has 0 aliphatic carbocycles. The van der Waals surface area contributed by atoms with Gasteiger partial charge < -0.3 is 27.9 Å². The van der Waals surface area contributed by atoms with Crippen molar-refractivity contribution in [1.82, 2.24) is 0 Å². The average molecular weight is 812 g/mol. The Kier molecular flexibility index (Phi) is 37.5. The van der Waals surface area contributed by atoms with Crippen LogP contribution >= 0.6 is 7.82 Å². The summed E-state index contributed by atoms with van der Waals surface area (Å²) >= 11 is 0. The lowest BCUT2D eigenvalue weighted by molar-refractivity contribution is -0.870. The summed E-state index contributed by atoms with van der Waals surface area (Å²) < 4.78 is 33.9. The largest absolute Gasteiger partial charge is 0.756 e. The molecule has 0 aromatic carbocycles. The molecule has 56 heavy (non-hydrogen) atoms. The van der Waals surface area contributed by atoms with Crippen molar-refractivity contribution in [3.63, 3.8) is 0 Å². The number of carbonyl (C=O) groups excluding carboxylic acids is 2. The van der Waals surface area contributed by atoms with Crippen molar-refractivity contribution in [1.29, 1.82) is 0 Å². The van der Waals surface area contributed by atoms with E-state index in [2.05, 4.69) is 50.3 Å². The van der Waals surface area contributed by atoms with Crippen LogP contribution < -0.4 is 4.89 Å². The molecule has 0 rings (SSSR count). The number of esters is 2. The summed E-state index contributed by atoms with van der Waals surface area (Å²) in [4.78, 5) is 37.5. The van der Waals surface area contributed by atoms with Crippen LogP contribution in [0.3, 0.4) is 0 Å². The van der Waals surface area contributed by atoms with E-state index >= 15 is 0 Å². The highest BCUT2D eigenvalue weighted by Crippen LogP contribution is 2.38. The van der Waals surface area contributed by atoms with Crippen LogP contribution in [0.25, 0.3) is 0 Å². The van der Waals surface area contributed by atoms with Crippen molar-refractivity contribution in [3.8, 4) is 0 Å². The van der Waals surface area contributed by atoms with E-state index in [1.165, 1.54) is 96.3 Å². The van der Waals surface area contributed by atoms with E-state index in [-0.39, 0.29) is 32.0 Å². The van der Waals surface area contributed by atoms with Crippen molar-refractivity contribution >= 4 is 19.8 Å². The zero-order valence-electron chi connectivity index (χ0n) is 36.8. The fourth-order valence-corrected chi connectivity index (χ4v) is 6.76. The number of likely N-dealkylation sites (N-methyl/N-ethyl adjacent to an activating group) is 1. The molecule has 0 fully saturated rings. The second kappa shape index (κ2) is 38.7. The molecule has 0 amide bonds. The molecule has 0 radical (unpaired) electrons. The quantitative estimate of drug-likeness (QED) is 0.0197. The Morgan fingerprint density at radius 1 is 0.554 bits per heavy atom. The lowest BCUT2D eigenvalue weighted by Crippen LogP contribution is -2.37. The third-order valence-corrected chi connectivity index (χ3v) is 10.6. The Hall–Kier alpha value is -1.77. The predicted molar refractivity (Wildman–Crippen MR) is 231 cm³/mol. The molecule has 1 unspecified atom stereocenters. The molecular weight excluding hydrogens is 725 g/mol. The van der Waals surface area contributed by atoms with Crippen LogP contribution in [0, 0.1) is 0 Å². The monoisotopic (exact) mass is 812 g/mol. The van der Waals surface area contributed by atoms with Crippen LogP contribution in [-0.4, -0.2) is 70.0 Å². The summed E-state index contributed by atoms with van der Waals surface area (Å²) in [5.74, 6) is -0.848. The van der Waals surface area contributed by atoms with Crippen molar-refractivity contribution in [2.75, 3.05) is 47.5 Å². The number of unbranched alkanes of at least 4 members (excludes halogenated alkanes) is 21. The predicted octanol–water partition coefficient (Wildman–Crippen LogP) is 12.3. The van der Waals surface area contributed by atoms with Crippen molar-refractivity contribution in [2.24, 2.45) is 0 Å². The zero-order chi connectivity index (χ0) is 41.4. The van der Waals surface area contributed by atoms with E-state index in [0.717, 1.165) is 64.2 Å². The van der Waals surface area contributed by atoms with Gasteiger partial charge in [-0.1, -0.05) is 147 Å². The highest BCUT2D eigenvalue weighted by atomic mass is 31.2. The van der Waals surface area contributed by atoms with Crippen LogP contribution in [0.5, 0.6) is 0 Å². The first-order chi connectivity index (χ1) is 27.0. The highest BCUT2D eigenvalue weighted by Gasteiger charge is 2.21. The first-order valence-corrected chi connectivity index (χ1v) is 24.2. The minimum Gasteiger partial charge on any atom is -0.756 e. The van der Waals surface area contributed by atoms with Crippen molar-refractivity contribution in [2.45, 2.75) is 200 Å². The maximum atomic E-state index is 12.7. The first-order valence-electron chi connectivity index (χ1n) is 22.7. The second-order valence-corrected chi connectivity index (χ2v) is 17.8. The summed E-state index contributed by atoms with van der Waals surface area (Å²) in [6, 6.07) is 0. The Labute approximate surface area is 344 Å². The molecular formula is C46H86NO8P. The molecule has 10 heteroatoms. The van der Waals surface area contributed by atoms with E-state index in [9.17, 15) is 19.0 Å². The molecule has 0 aromatic heterocycles. The summed E-state index contributed by atoms with van der Waals surface area (Å²) in [6.07, 6.45) is 43.1. The van der Waals surface area contributed by atoms with Gasteiger partial charge in [0.1, 0.15) is 19.8 Å². The molecule has 0 bridgehead atoms. The number of quaternary nitrogens is 1. The molecule has 0 spiro atoms. The zero-order valence-corrected chi connectivity index (χ0v) is 37.7. The van der Waals surface area contributed by atoms with Crippen molar-refractivity contribution in [3.05, 3.63) is 36.5 Å². The summed E-state index contributed by atoms with van der Waals surface area (Å²) in [7, 11) is 1.16. The number of rotatable bonds is 41. The topological polar surface area (TPSA) is 111 Å². The first kappa shape index (κ1) is 54.2. The lowest BCUT2D eigenvalue weighted by atomic mass is 10.1. The third kappa shape index (κ3) is 41.9. The van der Waals surface area contributed by atoms with Crippen LogP contribution in [-0.2, 0) is 32.7 Å². The molecule has 0 aliphatic rings. The Balaban J connectivity index is 4.31. The van der Waals surface area contributed by atoms with E-state index < -0.39 is 26.5 Å². The average Bonchev–Trinajstić information content (AvgIpc) is 3.15. The number of phosphoric ester groups is 1. The smallest absolute Gasteiger partial charge is 0.306 e. The van der Waals surface area contributed by atoms with Gasteiger partial charge in [0, 0.05) is 12.8 Å². The Morgan fingerprint density at radius 2 is 0.964 bits per heavy atom. The molecule has 9 nitrogen and oxygen atoms in total. The van der Waals surface area contributed by atoms with Gasteiger partial charge in [-0.2, -0.15) is 0 Å². The minimum absolute atomic E-state index is 0.0331. The second-order valence-electron chi connectivity index (χ2n) is 16.4. The van der Waals surface area contributed by atoms with Gasteiger partial charge in [0.05, 0.1) is 27.7 Å². The van der Waals surface area contributed by atoms with Gasteiger partial charge in [-0.25, -0.2) is 0 Å². The van der Waals surface area contributed by atoms with Crippen LogP contribution in [0.4, 0.5) is 0 Å². The molecule has 2 atom stereocenters. The van der Waals surface area contributed by atoms with Gasteiger partial charge in [-0.3, -0.25) is 14.2 Å². The maximum absolute atomic E-state index is 12.7. The maximum Gasteiger partial charge on any atom is 0.306 e. The summed E-state index contributed by atoms with van der Waals surface area (Å²) in [5, 5.41) is 0. The van der Waals surface area contributed by atoms with Gasteiger partial charge in [0.2, 0.25) is 0 Å². The number of hydrogen-bond donors (Lipinski definition) is 0. The van der Waals surface area contributed by atoms with Gasteiger partial charge in [-0.15, -0.1) is 0 Å². The lowest BCUT2D eigenvalue weighted by Gasteiger charge is -2.28. The standard InChI is InChI=1S/C46H86NO8P/c1-6-8-10-12-14-16-18-20-21-22-23-24-25-27-28-30-32-34-36-38-45(48)52-42-44(43-54-56(50,51)53-41-40-47(3,4)5)55-46(49)39-37-35-33-31-29-26-19-17-15-13-11-9-7-2/h14,16-17,19-21,44H,6-13,15,18,22-43H2,1-5H3/b16-14-,19-17-,21-20-/t44-/m1/s1. The van der Waals surface area contributed by atoms with E-state index in [1.807, 2.05) is 21.1 Å². The molecule has 0 aromatic rings. The van der Waals surface area contributed by atoms with E-state index in [4.69, 9.17) is 18.5 Å². The summed E-state index contributed by atoms with van der Waals surface area (Å²) in [6.45, 7) is 4.18. The molecule has 0 heterocycles. The molecule has 0 saturated carbocycles. The Bertz CT molecular complexity index is 1050. The van der Waals surface area contributed by atoms with Crippen LogP contribution in [0.2, 0.25) is 0 Å². The molecule has 0 saturated heterocycles. The SMILES string of the molecule is CCCCC/C=C\C/C=C\CCCCCCCCCCCC(=O)OC[C@H](COP(=O)([O-])OCC[N+](C)(C)C)OC(=O)CCCCCCC/C=C\CCCCCC. The van der Waals surface area contributed by atoms with E-state index in [0.29, 0.717) is 17.4 Å². The number of nitrogens with zero attached hydrogens (tertiary/aromatic N) is 1. The molecule has 0 aliphatic heterocycles.